The number of hydrogen-bond acceptors (Lipinski definition) is 8. The van der Waals surface area contributed by atoms with Gasteiger partial charge >= 0.3 is 35.7 Å². The molecular formula is C22H14F3N2NaO6S. The second kappa shape index (κ2) is 9.28. The number of ether oxygens (including phenoxy) is 1. The second-order valence-corrected chi connectivity index (χ2v) is 8.63. The van der Waals surface area contributed by atoms with Crippen LogP contribution in [0.3, 0.4) is 0 Å². The van der Waals surface area contributed by atoms with Gasteiger partial charge in [0.1, 0.15) is 15.9 Å². The van der Waals surface area contributed by atoms with E-state index in [4.69, 9.17) is 10.5 Å². The Hall–Kier alpha value is -2.90. The van der Waals surface area contributed by atoms with E-state index in [1.807, 2.05) is 0 Å². The van der Waals surface area contributed by atoms with Crippen molar-refractivity contribution in [1.82, 2.24) is 0 Å². The average Bonchev–Trinajstić information content (AvgIpc) is 2.76. The number of alkyl halides is 3. The molecule has 0 atom stereocenters. The third kappa shape index (κ3) is 4.67. The van der Waals surface area contributed by atoms with Crippen LogP contribution in [0, 0.1) is 0 Å². The average molecular weight is 514 g/mol. The van der Waals surface area contributed by atoms with Gasteiger partial charge in [-0.25, -0.2) is 8.42 Å². The Bertz CT molecular complexity index is 1490. The maximum Gasteiger partial charge on any atom is 1.00 e. The van der Waals surface area contributed by atoms with Crippen LogP contribution in [0.2, 0.25) is 0 Å². The molecule has 0 bridgehead atoms. The van der Waals surface area contributed by atoms with Crippen molar-refractivity contribution >= 4 is 38.7 Å². The third-order valence-electron chi connectivity index (χ3n) is 5.27. The Morgan fingerprint density at radius 3 is 2.03 bits per heavy atom. The van der Waals surface area contributed by atoms with Crippen LogP contribution in [0.4, 0.5) is 30.2 Å². The van der Waals surface area contributed by atoms with Gasteiger partial charge in [0.25, 0.3) is 0 Å². The number of nitrogens with one attached hydrogen (secondary N) is 1. The number of carbonyl (C=O) groups excluding carboxylic acids is 2. The Kier molecular flexibility index (Phi) is 7.08. The first-order valence-electron chi connectivity index (χ1n) is 9.47. The summed E-state index contributed by atoms with van der Waals surface area (Å²) in [6.07, 6.45) is -4.72. The van der Waals surface area contributed by atoms with Crippen molar-refractivity contribution in [3.8, 4) is 5.75 Å². The van der Waals surface area contributed by atoms with Gasteiger partial charge in [-0.2, -0.15) is 13.2 Å². The molecule has 0 amide bonds. The number of rotatable bonds is 4. The number of hydrogen-bond donors (Lipinski definition) is 2. The summed E-state index contributed by atoms with van der Waals surface area (Å²) >= 11 is 0. The van der Waals surface area contributed by atoms with E-state index in [1.165, 1.54) is 31.4 Å². The van der Waals surface area contributed by atoms with Gasteiger partial charge in [0.15, 0.2) is 11.6 Å². The van der Waals surface area contributed by atoms with Gasteiger partial charge in [0, 0.05) is 11.1 Å². The number of halogens is 3. The molecule has 3 aromatic rings. The minimum atomic E-state index is -5.24. The van der Waals surface area contributed by atoms with Crippen molar-refractivity contribution in [2.75, 3.05) is 18.2 Å². The maximum absolute atomic E-state index is 13.3. The van der Waals surface area contributed by atoms with Gasteiger partial charge in [-0.1, -0.05) is 24.3 Å². The zero-order valence-corrected chi connectivity index (χ0v) is 21.0. The Labute approximate surface area is 219 Å². The van der Waals surface area contributed by atoms with Crippen molar-refractivity contribution in [3.63, 3.8) is 0 Å². The molecule has 0 spiro atoms. The summed E-state index contributed by atoms with van der Waals surface area (Å²) in [5, 5.41) is 2.53. The number of benzene rings is 3. The predicted octanol–water partition coefficient (Wildman–Crippen LogP) is 0.723. The summed E-state index contributed by atoms with van der Waals surface area (Å²) in [5.41, 5.74) is 2.37. The number of nitrogen functional groups attached to an aromatic ring is 1. The third-order valence-corrected chi connectivity index (χ3v) is 6.14. The van der Waals surface area contributed by atoms with Gasteiger partial charge in [0.05, 0.1) is 45.8 Å². The first-order chi connectivity index (χ1) is 15.8. The zero-order chi connectivity index (χ0) is 25.0. The van der Waals surface area contributed by atoms with E-state index in [0.29, 0.717) is 6.07 Å². The normalized spacial score (nSPS) is 12.9. The van der Waals surface area contributed by atoms with Crippen LogP contribution in [0.1, 0.15) is 37.4 Å². The van der Waals surface area contributed by atoms with Crippen LogP contribution in [-0.4, -0.2) is 31.6 Å². The summed E-state index contributed by atoms with van der Waals surface area (Å²) < 4.78 is 80.4. The largest absolute Gasteiger partial charge is 1.00 e. The van der Waals surface area contributed by atoms with E-state index in [1.54, 1.807) is 0 Å². The quantitative estimate of drug-likeness (QED) is 0.231. The summed E-state index contributed by atoms with van der Waals surface area (Å²) in [4.78, 5) is 25.4. The monoisotopic (exact) mass is 514 g/mol. The molecule has 0 aromatic heterocycles. The number of anilines is 3. The van der Waals surface area contributed by atoms with Crippen LogP contribution >= 0.6 is 0 Å². The van der Waals surface area contributed by atoms with Crippen LogP contribution in [0.5, 0.6) is 5.75 Å². The fourth-order valence-corrected chi connectivity index (χ4v) is 4.36. The van der Waals surface area contributed by atoms with Crippen molar-refractivity contribution in [2.45, 2.75) is 11.1 Å². The van der Waals surface area contributed by atoms with E-state index in [0.717, 1.165) is 18.2 Å². The van der Waals surface area contributed by atoms with Gasteiger partial charge in [-0.3, -0.25) is 9.59 Å². The van der Waals surface area contributed by atoms with Crippen LogP contribution < -0.4 is 45.3 Å². The summed E-state index contributed by atoms with van der Waals surface area (Å²) in [6, 6.07) is 8.85. The van der Waals surface area contributed by atoms with Crippen LogP contribution in [0.15, 0.2) is 53.4 Å². The number of methoxy groups -OCH3 is 1. The molecule has 8 nitrogen and oxygen atoms in total. The van der Waals surface area contributed by atoms with E-state index in [2.05, 4.69) is 5.32 Å². The van der Waals surface area contributed by atoms with E-state index >= 15 is 0 Å². The number of fused-ring (bicyclic) bond motifs is 2. The molecule has 4 rings (SSSR count). The minimum absolute atomic E-state index is 0. The minimum Gasteiger partial charge on any atom is -0.744 e. The van der Waals surface area contributed by atoms with Gasteiger partial charge in [-0.15, -0.1) is 0 Å². The van der Waals surface area contributed by atoms with Crippen molar-refractivity contribution in [2.24, 2.45) is 0 Å². The molecule has 1 aliphatic carbocycles. The Morgan fingerprint density at radius 1 is 0.943 bits per heavy atom. The summed E-state index contributed by atoms with van der Waals surface area (Å²) in [7, 11) is -4.05. The molecule has 0 heterocycles. The molecule has 35 heavy (non-hydrogen) atoms. The molecule has 0 fully saturated rings. The maximum atomic E-state index is 13.3. The smallest absolute Gasteiger partial charge is 0.744 e. The molecule has 1 aliphatic rings. The first kappa shape index (κ1) is 26.7. The van der Waals surface area contributed by atoms with Gasteiger partial charge < -0.3 is 20.3 Å². The zero-order valence-electron chi connectivity index (χ0n) is 18.2. The van der Waals surface area contributed by atoms with Gasteiger partial charge in [-0.05, 0) is 24.3 Å². The number of carbonyl (C=O) groups is 2. The predicted molar refractivity (Wildman–Crippen MR) is 113 cm³/mol. The van der Waals surface area contributed by atoms with Crippen LogP contribution in [-0.2, 0) is 16.3 Å². The summed E-state index contributed by atoms with van der Waals surface area (Å²) in [6.45, 7) is 0. The van der Waals surface area contributed by atoms with E-state index in [9.17, 15) is 35.7 Å². The first-order valence-corrected chi connectivity index (χ1v) is 10.9. The summed E-state index contributed by atoms with van der Waals surface area (Å²) in [5.74, 6) is -1.63. The SMILES string of the molecule is COc1ccc(C(F)(F)F)cc1Nc1cc(S(=O)(=O)[O-])c(N)c2c1C(=O)c1ccccc1C2=O.[Na+]. The molecule has 3 aromatic carbocycles. The molecule has 3 N–H and O–H groups in total. The molecule has 0 aliphatic heterocycles. The fraction of sp³-hybridized carbons (Fsp3) is 0.0909. The second-order valence-electron chi connectivity index (χ2n) is 7.28. The number of nitrogens with two attached hydrogens (primary N) is 1. The Balaban J connectivity index is 0.00000342. The molecule has 176 valence electrons. The van der Waals surface area contributed by atoms with E-state index < -0.39 is 55.3 Å². The molecule has 0 unspecified atom stereocenters. The molecule has 0 radical (unpaired) electrons. The number of ketones is 2. The molecule has 0 saturated heterocycles. The fourth-order valence-electron chi connectivity index (χ4n) is 3.73. The topological polar surface area (TPSA) is 139 Å². The molecular weight excluding hydrogens is 500 g/mol. The Morgan fingerprint density at radius 2 is 1.51 bits per heavy atom. The van der Waals surface area contributed by atoms with Crippen molar-refractivity contribution in [1.29, 1.82) is 0 Å². The van der Waals surface area contributed by atoms with Crippen molar-refractivity contribution < 1.29 is 70.0 Å². The molecule has 13 heteroatoms. The standard InChI is InChI=1S/C22H15F3N2O6S.Na/c1-33-15-7-6-10(22(23,24)25)8-13(15)27-14-9-16(34(30,31)32)19(26)18-17(14)20(28)11-4-2-3-5-12(11)21(18)29;/h2-9,27H,26H2,1H3,(H,30,31,32);/q;+1/p-1. The molecule has 0 saturated carbocycles. The van der Waals surface area contributed by atoms with E-state index in [-0.39, 0.29) is 57.7 Å². The van der Waals surface area contributed by atoms with Gasteiger partial charge in [0.2, 0.25) is 0 Å². The van der Waals surface area contributed by atoms with Crippen molar-refractivity contribution in [3.05, 3.63) is 76.3 Å². The van der Waals surface area contributed by atoms with Crippen LogP contribution in [0.25, 0.3) is 0 Å².